The average Bonchev–Trinajstić information content (AvgIpc) is 3.20. The number of carbonyl (C=O) groups is 1. The fourth-order valence-electron chi connectivity index (χ4n) is 2.92. The second-order valence-corrected chi connectivity index (χ2v) is 5.93. The second kappa shape index (κ2) is 7.77. The molecule has 7 nitrogen and oxygen atoms in total. The van der Waals surface area contributed by atoms with Gasteiger partial charge in [0.15, 0.2) is 0 Å². The van der Waals surface area contributed by atoms with Gasteiger partial charge in [0.2, 0.25) is 0 Å². The molecule has 134 valence electrons. The van der Waals surface area contributed by atoms with Crippen LogP contribution in [0.1, 0.15) is 40.9 Å². The molecular formula is C19H21N5O2. The van der Waals surface area contributed by atoms with Gasteiger partial charge in [-0.3, -0.25) is 4.79 Å². The van der Waals surface area contributed by atoms with Crippen LogP contribution in [-0.2, 0) is 0 Å². The molecule has 7 heteroatoms. The van der Waals surface area contributed by atoms with E-state index in [2.05, 4.69) is 20.8 Å². The zero-order chi connectivity index (χ0) is 18.5. The van der Waals surface area contributed by atoms with Crippen LogP contribution < -0.4 is 10.1 Å². The van der Waals surface area contributed by atoms with Crippen LogP contribution >= 0.6 is 0 Å². The van der Waals surface area contributed by atoms with Crippen molar-refractivity contribution in [3.63, 3.8) is 0 Å². The number of carbonyl (C=O) groups excluding carboxylic acids is 1. The smallest absolute Gasteiger partial charge is 0.251 e. The molecule has 1 amide bonds. The summed E-state index contributed by atoms with van der Waals surface area (Å²) in [4.78, 5) is 12.7. The molecule has 1 heterocycles. The van der Waals surface area contributed by atoms with Crippen molar-refractivity contribution in [1.29, 1.82) is 0 Å². The van der Waals surface area contributed by atoms with Crippen LogP contribution in [0.2, 0.25) is 0 Å². The maximum Gasteiger partial charge on any atom is 0.251 e. The third kappa shape index (κ3) is 3.56. The highest BCUT2D eigenvalue weighted by Gasteiger charge is 2.18. The minimum Gasteiger partial charge on any atom is -0.496 e. The van der Waals surface area contributed by atoms with Crippen molar-refractivity contribution >= 4 is 5.91 Å². The number of tetrazole rings is 1. The van der Waals surface area contributed by atoms with E-state index in [-0.39, 0.29) is 11.9 Å². The van der Waals surface area contributed by atoms with Gasteiger partial charge in [-0.25, -0.2) is 4.68 Å². The Morgan fingerprint density at radius 2 is 2.08 bits per heavy atom. The highest BCUT2D eigenvalue weighted by molar-refractivity contribution is 5.95. The molecule has 1 atom stereocenters. The van der Waals surface area contributed by atoms with Crippen LogP contribution in [0.25, 0.3) is 5.69 Å². The number of nitrogens with zero attached hydrogens (tertiary/aromatic N) is 4. The van der Waals surface area contributed by atoms with Crippen molar-refractivity contribution in [3.05, 3.63) is 65.5 Å². The van der Waals surface area contributed by atoms with Crippen LogP contribution in [0, 0.1) is 6.92 Å². The maximum atomic E-state index is 12.7. The zero-order valence-electron chi connectivity index (χ0n) is 15.0. The van der Waals surface area contributed by atoms with Gasteiger partial charge >= 0.3 is 0 Å². The molecule has 2 aromatic carbocycles. The predicted molar refractivity (Wildman–Crippen MR) is 97.4 cm³/mol. The lowest BCUT2D eigenvalue weighted by Gasteiger charge is -2.20. The number of aryl methyl sites for hydroxylation is 1. The number of hydrogen-bond donors (Lipinski definition) is 1. The number of nitrogens with one attached hydrogen (secondary N) is 1. The summed E-state index contributed by atoms with van der Waals surface area (Å²) in [5.74, 6) is 0.638. The van der Waals surface area contributed by atoms with Gasteiger partial charge in [0.1, 0.15) is 12.1 Å². The lowest BCUT2D eigenvalue weighted by Crippen LogP contribution is -2.28. The molecule has 0 radical (unpaired) electrons. The molecular weight excluding hydrogens is 330 g/mol. The van der Waals surface area contributed by atoms with Crippen molar-refractivity contribution in [2.24, 2.45) is 0 Å². The molecule has 0 aliphatic heterocycles. The van der Waals surface area contributed by atoms with Crippen LogP contribution in [-0.4, -0.2) is 33.2 Å². The highest BCUT2D eigenvalue weighted by Crippen LogP contribution is 2.27. The number of hydrogen-bond acceptors (Lipinski definition) is 5. The first-order chi connectivity index (χ1) is 12.6. The van der Waals surface area contributed by atoms with E-state index in [0.717, 1.165) is 29.0 Å². The predicted octanol–water partition coefficient (Wildman–Crippen LogP) is 2.86. The van der Waals surface area contributed by atoms with Crippen LogP contribution in [0.4, 0.5) is 0 Å². The molecule has 0 saturated heterocycles. The Morgan fingerprint density at radius 3 is 2.73 bits per heavy atom. The lowest BCUT2D eigenvalue weighted by atomic mass is 10.0. The molecule has 0 aliphatic rings. The van der Waals surface area contributed by atoms with Gasteiger partial charge in [-0.2, -0.15) is 0 Å². The largest absolute Gasteiger partial charge is 0.496 e. The Labute approximate surface area is 152 Å². The summed E-state index contributed by atoms with van der Waals surface area (Å²) < 4.78 is 6.99. The quantitative estimate of drug-likeness (QED) is 0.738. The molecule has 1 N–H and O–H groups in total. The minimum atomic E-state index is -0.130. The minimum absolute atomic E-state index is 0.127. The van der Waals surface area contributed by atoms with Crippen LogP contribution in [0.3, 0.4) is 0 Å². The Balaban J connectivity index is 1.81. The number of benzene rings is 2. The number of ether oxygens (including phenoxy) is 1. The van der Waals surface area contributed by atoms with E-state index in [1.54, 1.807) is 17.9 Å². The fraction of sp³-hybridized carbons (Fsp3) is 0.263. The first kappa shape index (κ1) is 17.6. The Hall–Kier alpha value is -3.22. The number of aromatic nitrogens is 4. The van der Waals surface area contributed by atoms with E-state index in [0.29, 0.717) is 5.56 Å². The van der Waals surface area contributed by atoms with Gasteiger partial charge in [0, 0.05) is 11.1 Å². The lowest BCUT2D eigenvalue weighted by molar-refractivity contribution is 0.0935. The van der Waals surface area contributed by atoms with Gasteiger partial charge in [-0.15, -0.1) is 5.10 Å². The Bertz CT molecular complexity index is 893. The highest BCUT2D eigenvalue weighted by atomic mass is 16.5. The molecule has 0 saturated carbocycles. The zero-order valence-corrected chi connectivity index (χ0v) is 15.0. The summed E-state index contributed by atoms with van der Waals surface area (Å²) in [6, 6.07) is 13.0. The van der Waals surface area contributed by atoms with Gasteiger partial charge in [-0.1, -0.05) is 25.1 Å². The maximum absolute atomic E-state index is 12.7. The molecule has 26 heavy (non-hydrogen) atoms. The first-order valence-electron chi connectivity index (χ1n) is 8.41. The van der Waals surface area contributed by atoms with Crippen molar-refractivity contribution in [2.75, 3.05) is 7.11 Å². The summed E-state index contributed by atoms with van der Waals surface area (Å²) in [6.45, 7) is 3.95. The number of amides is 1. The molecule has 3 rings (SSSR count). The van der Waals surface area contributed by atoms with Crippen molar-refractivity contribution in [1.82, 2.24) is 25.5 Å². The van der Waals surface area contributed by atoms with E-state index >= 15 is 0 Å². The fourth-order valence-corrected chi connectivity index (χ4v) is 2.92. The summed E-state index contributed by atoms with van der Waals surface area (Å²) in [5, 5.41) is 14.3. The van der Waals surface area contributed by atoms with Crippen LogP contribution in [0.15, 0.2) is 48.8 Å². The summed E-state index contributed by atoms with van der Waals surface area (Å²) in [6.07, 6.45) is 2.28. The number of para-hydroxylation sites is 1. The third-order valence-electron chi connectivity index (χ3n) is 4.28. The molecule has 1 unspecified atom stereocenters. The summed E-state index contributed by atoms with van der Waals surface area (Å²) >= 11 is 0. The summed E-state index contributed by atoms with van der Waals surface area (Å²) in [5.41, 5.74) is 3.30. The average molecular weight is 351 g/mol. The Morgan fingerprint density at radius 1 is 1.27 bits per heavy atom. The monoisotopic (exact) mass is 351 g/mol. The van der Waals surface area contributed by atoms with E-state index in [1.165, 1.54) is 6.33 Å². The van der Waals surface area contributed by atoms with Gasteiger partial charge in [-0.05, 0) is 53.6 Å². The topological polar surface area (TPSA) is 81.9 Å². The number of methoxy groups -OCH3 is 1. The SMILES string of the molecule is CCC(NC(=O)c1ccc(-n2cnnn2)c(C)c1)c1ccccc1OC. The van der Waals surface area contributed by atoms with E-state index < -0.39 is 0 Å². The van der Waals surface area contributed by atoms with Gasteiger partial charge in [0.25, 0.3) is 5.91 Å². The van der Waals surface area contributed by atoms with Crippen LogP contribution in [0.5, 0.6) is 5.75 Å². The van der Waals surface area contributed by atoms with E-state index in [4.69, 9.17) is 4.74 Å². The Kier molecular flexibility index (Phi) is 5.26. The van der Waals surface area contributed by atoms with Gasteiger partial charge in [0.05, 0.1) is 18.8 Å². The standard InChI is InChI=1S/C19H21N5O2/c1-4-16(15-7-5-6-8-18(15)26-3)21-19(25)14-9-10-17(13(2)11-14)24-12-20-22-23-24/h5-12,16H,4H2,1-3H3,(H,21,25). The van der Waals surface area contributed by atoms with Crippen molar-refractivity contribution < 1.29 is 9.53 Å². The van der Waals surface area contributed by atoms with Crippen molar-refractivity contribution in [2.45, 2.75) is 26.3 Å². The van der Waals surface area contributed by atoms with Crippen molar-refractivity contribution in [3.8, 4) is 11.4 Å². The van der Waals surface area contributed by atoms with E-state index in [9.17, 15) is 4.79 Å². The van der Waals surface area contributed by atoms with Gasteiger partial charge < -0.3 is 10.1 Å². The summed E-state index contributed by atoms with van der Waals surface area (Å²) in [7, 11) is 1.63. The van der Waals surface area contributed by atoms with E-state index in [1.807, 2.05) is 50.2 Å². The number of rotatable bonds is 6. The molecule has 0 spiro atoms. The molecule has 0 bridgehead atoms. The normalized spacial score (nSPS) is 11.8. The molecule has 3 aromatic rings. The third-order valence-corrected chi connectivity index (χ3v) is 4.28. The molecule has 0 aliphatic carbocycles. The first-order valence-corrected chi connectivity index (χ1v) is 8.41. The second-order valence-electron chi connectivity index (χ2n) is 5.93. The molecule has 1 aromatic heterocycles. The molecule has 0 fully saturated rings.